The Kier molecular flexibility index (Phi) is 3.58. The van der Waals surface area contributed by atoms with Gasteiger partial charge >= 0.3 is 0 Å². The third kappa shape index (κ3) is 2.84. The first-order valence-corrected chi connectivity index (χ1v) is 5.71. The molecule has 0 N–H and O–H groups in total. The summed E-state index contributed by atoms with van der Waals surface area (Å²) in [4.78, 5) is 0. The molecule has 0 aliphatic heterocycles. The van der Waals surface area contributed by atoms with Gasteiger partial charge in [-0.15, -0.1) is 0 Å². The minimum absolute atomic E-state index is 0.00585. The predicted molar refractivity (Wildman–Crippen MR) is 65.3 cm³/mol. The van der Waals surface area contributed by atoms with E-state index in [2.05, 4.69) is 15.9 Å². The second-order valence-corrected chi connectivity index (χ2v) is 4.38. The zero-order valence-electron chi connectivity index (χ0n) is 8.95. The van der Waals surface area contributed by atoms with E-state index in [9.17, 15) is 8.78 Å². The van der Waals surface area contributed by atoms with Gasteiger partial charge in [0.05, 0.1) is 5.56 Å². The average molecular weight is 310 g/mol. The topological polar surface area (TPSA) is 33.0 Å². The monoisotopic (exact) mass is 309 g/mol. The number of benzene rings is 2. The lowest BCUT2D eigenvalue weighted by Crippen LogP contribution is -1.90. The van der Waals surface area contributed by atoms with E-state index in [0.717, 1.165) is 22.7 Å². The number of rotatable bonds is 2. The van der Waals surface area contributed by atoms with E-state index in [0.29, 0.717) is 0 Å². The number of nitriles is 1. The van der Waals surface area contributed by atoms with Crippen molar-refractivity contribution < 1.29 is 13.5 Å². The zero-order chi connectivity index (χ0) is 13.1. The Morgan fingerprint density at radius 1 is 1.06 bits per heavy atom. The molecule has 0 saturated heterocycles. The normalized spacial score (nSPS) is 9.89. The largest absolute Gasteiger partial charge is 0.456 e. The van der Waals surface area contributed by atoms with Crippen LogP contribution in [0.15, 0.2) is 40.9 Å². The molecule has 0 bridgehead atoms. The van der Waals surface area contributed by atoms with Gasteiger partial charge in [0.2, 0.25) is 0 Å². The summed E-state index contributed by atoms with van der Waals surface area (Å²) in [7, 11) is 0. The van der Waals surface area contributed by atoms with Gasteiger partial charge in [-0.1, -0.05) is 15.9 Å². The Balaban J connectivity index is 2.37. The van der Waals surface area contributed by atoms with E-state index in [1.54, 1.807) is 18.2 Å². The molecule has 0 spiro atoms. The van der Waals surface area contributed by atoms with Crippen molar-refractivity contribution in [2.45, 2.75) is 0 Å². The Bertz CT molecular complexity index is 617. The average Bonchev–Trinajstić information content (AvgIpc) is 2.30. The van der Waals surface area contributed by atoms with Crippen LogP contribution in [-0.2, 0) is 0 Å². The Morgan fingerprint density at radius 2 is 1.72 bits per heavy atom. The molecule has 18 heavy (non-hydrogen) atoms. The second-order valence-electron chi connectivity index (χ2n) is 3.46. The number of hydrogen-bond donors (Lipinski definition) is 0. The summed E-state index contributed by atoms with van der Waals surface area (Å²) < 4.78 is 32.0. The molecule has 0 amide bonds. The van der Waals surface area contributed by atoms with Crippen LogP contribution in [-0.4, -0.2) is 0 Å². The SMILES string of the molecule is N#Cc1cc(Br)ccc1Oc1cc(F)cc(F)c1. The Morgan fingerprint density at radius 3 is 2.33 bits per heavy atom. The number of nitrogens with zero attached hydrogens (tertiary/aromatic N) is 1. The molecule has 0 aromatic heterocycles. The van der Waals surface area contributed by atoms with Crippen molar-refractivity contribution in [3.05, 3.63) is 58.1 Å². The van der Waals surface area contributed by atoms with Gasteiger partial charge in [0.1, 0.15) is 29.2 Å². The Hall–Kier alpha value is -1.93. The molecular formula is C13H6BrF2NO. The van der Waals surface area contributed by atoms with Crippen LogP contribution in [0.3, 0.4) is 0 Å². The summed E-state index contributed by atoms with van der Waals surface area (Å²) in [5.41, 5.74) is 0.272. The van der Waals surface area contributed by atoms with E-state index >= 15 is 0 Å². The van der Waals surface area contributed by atoms with Crippen LogP contribution < -0.4 is 4.74 Å². The molecule has 0 fully saturated rings. The van der Waals surface area contributed by atoms with Crippen LogP contribution in [0.2, 0.25) is 0 Å². The number of ether oxygens (including phenoxy) is 1. The molecule has 0 radical (unpaired) electrons. The predicted octanol–water partition coefficient (Wildman–Crippen LogP) is 4.39. The summed E-state index contributed by atoms with van der Waals surface area (Å²) in [6.07, 6.45) is 0. The second kappa shape index (κ2) is 5.15. The van der Waals surface area contributed by atoms with E-state index in [4.69, 9.17) is 10.00 Å². The minimum atomic E-state index is -0.736. The van der Waals surface area contributed by atoms with Gasteiger partial charge in [-0.2, -0.15) is 5.26 Å². The fraction of sp³-hybridized carbons (Fsp3) is 0. The van der Waals surface area contributed by atoms with E-state index in [1.165, 1.54) is 0 Å². The molecule has 2 aromatic rings. The van der Waals surface area contributed by atoms with Gasteiger partial charge in [-0.05, 0) is 18.2 Å². The molecule has 0 unspecified atom stereocenters. The molecule has 2 aromatic carbocycles. The molecule has 5 heteroatoms. The van der Waals surface area contributed by atoms with E-state index in [1.807, 2.05) is 6.07 Å². The summed E-state index contributed by atoms with van der Waals surface area (Å²) in [6, 6.07) is 9.57. The molecule has 0 saturated carbocycles. The van der Waals surface area contributed by atoms with E-state index < -0.39 is 11.6 Å². The first-order valence-electron chi connectivity index (χ1n) is 4.92. The molecule has 90 valence electrons. The van der Waals surface area contributed by atoms with Crippen LogP contribution in [0.1, 0.15) is 5.56 Å². The van der Waals surface area contributed by atoms with Crippen LogP contribution in [0.5, 0.6) is 11.5 Å². The first kappa shape index (κ1) is 12.5. The van der Waals surface area contributed by atoms with Crippen molar-refractivity contribution in [2.75, 3.05) is 0 Å². The number of halogens is 3. The Labute approximate surface area is 111 Å². The lowest BCUT2D eigenvalue weighted by Gasteiger charge is -2.07. The van der Waals surface area contributed by atoms with Gasteiger partial charge in [0.15, 0.2) is 0 Å². The van der Waals surface area contributed by atoms with Crippen molar-refractivity contribution in [3.8, 4) is 17.6 Å². The molecular weight excluding hydrogens is 304 g/mol. The molecule has 0 aliphatic rings. The van der Waals surface area contributed by atoms with Gasteiger partial charge in [-0.25, -0.2) is 8.78 Å². The van der Waals surface area contributed by atoms with Crippen molar-refractivity contribution in [2.24, 2.45) is 0 Å². The lowest BCUT2D eigenvalue weighted by atomic mass is 10.2. The van der Waals surface area contributed by atoms with Gasteiger partial charge in [-0.3, -0.25) is 0 Å². The summed E-state index contributed by atoms with van der Waals surface area (Å²) in [5, 5.41) is 8.93. The molecule has 0 heterocycles. The first-order chi connectivity index (χ1) is 8.58. The van der Waals surface area contributed by atoms with Crippen LogP contribution in [0.25, 0.3) is 0 Å². The molecule has 0 atom stereocenters. The summed E-state index contributed by atoms with van der Waals surface area (Å²) >= 11 is 3.22. The maximum atomic E-state index is 13.0. The van der Waals surface area contributed by atoms with Crippen LogP contribution >= 0.6 is 15.9 Å². The van der Waals surface area contributed by atoms with Crippen molar-refractivity contribution in [1.29, 1.82) is 5.26 Å². The quantitative estimate of drug-likeness (QED) is 0.824. The molecule has 2 rings (SSSR count). The standard InChI is InChI=1S/C13H6BrF2NO/c14-9-1-2-13(8(3-9)7-17)18-12-5-10(15)4-11(16)6-12/h1-6H. The lowest BCUT2D eigenvalue weighted by molar-refractivity contribution is 0.467. The van der Waals surface area contributed by atoms with E-state index in [-0.39, 0.29) is 17.1 Å². The maximum absolute atomic E-state index is 13.0. The van der Waals surface area contributed by atoms with Crippen molar-refractivity contribution >= 4 is 15.9 Å². The fourth-order valence-corrected chi connectivity index (χ4v) is 1.75. The third-order valence-electron chi connectivity index (χ3n) is 2.13. The van der Waals surface area contributed by atoms with Crippen LogP contribution in [0.4, 0.5) is 8.78 Å². The molecule has 0 aliphatic carbocycles. The summed E-state index contributed by atoms with van der Waals surface area (Å²) in [6.45, 7) is 0. The van der Waals surface area contributed by atoms with Crippen molar-refractivity contribution in [1.82, 2.24) is 0 Å². The minimum Gasteiger partial charge on any atom is -0.456 e. The van der Waals surface area contributed by atoms with Crippen LogP contribution in [0, 0.1) is 23.0 Å². The maximum Gasteiger partial charge on any atom is 0.145 e. The van der Waals surface area contributed by atoms with Gasteiger partial charge in [0.25, 0.3) is 0 Å². The van der Waals surface area contributed by atoms with Gasteiger partial charge < -0.3 is 4.74 Å². The number of hydrogen-bond acceptors (Lipinski definition) is 2. The highest BCUT2D eigenvalue weighted by atomic mass is 79.9. The highest BCUT2D eigenvalue weighted by molar-refractivity contribution is 9.10. The fourth-order valence-electron chi connectivity index (χ4n) is 1.39. The zero-order valence-corrected chi connectivity index (χ0v) is 10.5. The molecule has 2 nitrogen and oxygen atoms in total. The third-order valence-corrected chi connectivity index (χ3v) is 2.62. The smallest absolute Gasteiger partial charge is 0.145 e. The highest BCUT2D eigenvalue weighted by Crippen LogP contribution is 2.28. The summed E-state index contributed by atoms with van der Waals surface area (Å²) in [5.74, 6) is -1.22. The van der Waals surface area contributed by atoms with Gasteiger partial charge in [0, 0.05) is 22.7 Å². The van der Waals surface area contributed by atoms with Crippen molar-refractivity contribution in [3.63, 3.8) is 0 Å². The highest BCUT2D eigenvalue weighted by Gasteiger charge is 2.07.